The lowest BCUT2D eigenvalue weighted by Gasteiger charge is -2.33. The highest BCUT2D eigenvalue weighted by Gasteiger charge is 2.63. The molecule has 1 saturated heterocycles. The first-order chi connectivity index (χ1) is 14.1. The van der Waals surface area contributed by atoms with Crippen molar-refractivity contribution in [2.75, 3.05) is 0 Å². The van der Waals surface area contributed by atoms with Gasteiger partial charge in [0.25, 0.3) is 0 Å². The molecule has 5 atom stereocenters. The summed E-state index contributed by atoms with van der Waals surface area (Å²) in [7, 11) is 0. The number of carbonyl (C=O) groups is 3. The second kappa shape index (κ2) is 8.56. The van der Waals surface area contributed by atoms with Crippen LogP contribution in [0.2, 0.25) is 0 Å². The summed E-state index contributed by atoms with van der Waals surface area (Å²) in [6.07, 6.45) is 5.68. The number of ether oxygens (including phenoxy) is 3. The summed E-state index contributed by atoms with van der Waals surface area (Å²) in [4.78, 5) is 34.4. The Labute approximate surface area is 179 Å². The van der Waals surface area contributed by atoms with E-state index in [1.165, 1.54) is 12.8 Å². The van der Waals surface area contributed by atoms with Crippen LogP contribution in [-0.4, -0.2) is 35.7 Å². The molecule has 4 fully saturated rings. The Bertz CT molecular complexity index is 745. The number of fused-ring (bicyclic) bond motifs is 1. The summed E-state index contributed by atoms with van der Waals surface area (Å²) in [6.45, 7) is 14.7. The van der Waals surface area contributed by atoms with Gasteiger partial charge < -0.3 is 14.2 Å². The molecule has 3 saturated carbocycles. The summed E-state index contributed by atoms with van der Waals surface area (Å²) in [5, 5.41) is 0. The zero-order valence-corrected chi connectivity index (χ0v) is 18.6. The van der Waals surface area contributed by atoms with Gasteiger partial charge in [0, 0.05) is 23.0 Å². The molecule has 0 N–H and O–H groups in total. The van der Waals surface area contributed by atoms with Crippen LogP contribution >= 0.6 is 0 Å². The number of carbonyl (C=O) groups excluding carboxylic acids is 3. The molecule has 4 aliphatic rings. The lowest BCUT2D eigenvalue weighted by molar-refractivity contribution is -0.159. The smallest absolute Gasteiger partial charge is 0.333 e. The molecule has 1 heterocycles. The average molecular weight is 419 g/mol. The third-order valence-electron chi connectivity index (χ3n) is 7.15. The molecular weight excluding hydrogens is 384 g/mol. The zero-order chi connectivity index (χ0) is 22.2. The number of esters is 3. The fourth-order valence-electron chi connectivity index (χ4n) is 5.33. The van der Waals surface area contributed by atoms with Gasteiger partial charge in [0.15, 0.2) is 0 Å². The Balaban J connectivity index is 0.000000173. The van der Waals surface area contributed by atoms with E-state index in [-0.39, 0.29) is 47.6 Å². The van der Waals surface area contributed by atoms with Gasteiger partial charge in [-0.2, -0.15) is 0 Å². The highest BCUT2D eigenvalue weighted by molar-refractivity contribution is 5.87. The van der Waals surface area contributed by atoms with Crippen molar-refractivity contribution in [2.24, 2.45) is 23.7 Å². The molecule has 2 bridgehead atoms. The predicted octanol–water partition coefficient (Wildman–Crippen LogP) is 4.13. The van der Waals surface area contributed by atoms with E-state index in [1.807, 2.05) is 0 Å². The lowest BCUT2D eigenvalue weighted by atomic mass is 9.88. The van der Waals surface area contributed by atoms with Crippen LogP contribution < -0.4 is 0 Å². The molecule has 4 rings (SSSR count). The molecular formula is C24H34O6. The van der Waals surface area contributed by atoms with E-state index in [0.717, 1.165) is 25.7 Å². The van der Waals surface area contributed by atoms with Crippen LogP contribution in [0.5, 0.6) is 0 Å². The minimum absolute atomic E-state index is 0.0646. The summed E-state index contributed by atoms with van der Waals surface area (Å²) in [5.41, 5.74) is 0.677. The fraction of sp³-hybridized carbons (Fsp3) is 0.708. The monoisotopic (exact) mass is 418 g/mol. The maximum atomic E-state index is 11.5. The largest absolute Gasteiger partial charge is 0.458 e. The predicted molar refractivity (Wildman–Crippen MR) is 111 cm³/mol. The van der Waals surface area contributed by atoms with Crippen molar-refractivity contribution in [3.63, 3.8) is 0 Å². The van der Waals surface area contributed by atoms with Crippen molar-refractivity contribution < 1.29 is 28.6 Å². The summed E-state index contributed by atoms with van der Waals surface area (Å²) < 4.78 is 16.2. The molecule has 1 aliphatic heterocycles. The molecule has 6 nitrogen and oxygen atoms in total. The standard InChI is InChI=1S/C12H14O4.C12H20O2/c1-5(2)11(13)15-9-6-3-7-8(4-6)12(14)16-10(7)9;1-9(2)11(13)14-12(10(3)4)7-5-6-8-12/h6-10H,1,3-4H2,2H3;10H,1,5-8H2,2-4H3. The van der Waals surface area contributed by atoms with Crippen LogP contribution in [0.3, 0.4) is 0 Å². The van der Waals surface area contributed by atoms with Crippen LogP contribution in [0, 0.1) is 23.7 Å². The van der Waals surface area contributed by atoms with E-state index < -0.39 is 0 Å². The van der Waals surface area contributed by atoms with Crippen molar-refractivity contribution >= 4 is 17.9 Å². The Morgan fingerprint density at radius 2 is 1.67 bits per heavy atom. The third-order valence-corrected chi connectivity index (χ3v) is 7.15. The summed E-state index contributed by atoms with van der Waals surface area (Å²) in [5.74, 6) is 0.322. The number of rotatable bonds is 5. The van der Waals surface area contributed by atoms with Gasteiger partial charge >= 0.3 is 17.9 Å². The maximum Gasteiger partial charge on any atom is 0.333 e. The van der Waals surface area contributed by atoms with Gasteiger partial charge in [-0.1, -0.05) is 27.0 Å². The maximum absolute atomic E-state index is 11.5. The van der Waals surface area contributed by atoms with Crippen molar-refractivity contribution in [2.45, 2.75) is 84.0 Å². The van der Waals surface area contributed by atoms with E-state index in [2.05, 4.69) is 27.0 Å². The van der Waals surface area contributed by atoms with E-state index in [0.29, 0.717) is 23.0 Å². The van der Waals surface area contributed by atoms with E-state index in [1.54, 1.807) is 13.8 Å². The van der Waals surface area contributed by atoms with Crippen LogP contribution in [0.25, 0.3) is 0 Å². The first-order valence-electron chi connectivity index (χ1n) is 11.0. The molecule has 0 aromatic rings. The molecule has 5 unspecified atom stereocenters. The van der Waals surface area contributed by atoms with E-state index in [4.69, 9.17) is 14.2 Å². The van der Waals surface area contributed by atoms with Crippen LogP contribution in [0.4, 0.5) is 0 Å². The van der Waals surface area contributed by atoms with Crippen molar-refractivity contribution in [1.82, 2.24) is 0 Å². The van der Waals surface area contributed by atoms with E-state index >= 15 is 0 Å². The minimum atomic E-state index is -0.378. The van der Waals surface area contributed by atoms with Gasteiger partial charge in [-0.15, -0.1) is 0 Å². The first kappa shape index (κ1) is 22.6. The first-order valence-corrected chi connectivity index (χ1v) is 11.0. The van der Waals surface area contributed by atoms with Crippen LogP contribution in [0.1, 0.15) is 66.2 Å². The second-order valence-electron chi connectivity index (χ2n) is 9.65. The van der Waals surface area contributed by atoms with Gasteiger partial charge in [-0.3, -0.25) is 4.79 Å². The second-order valence-corrected chi connectivity index (χ2v) is 9.65. The molecule has 3 aliphatic carbocycles. The summed E-state index contributed by atoms with van der Waals surface area (Å²) in [6, 6.07) is 0. The van der Waals surface area contributed by atoms with Crippen molar-refractivity contribution in [3.8, 4) is 0 Å². The van der Waals surface area contributed by atoms with Gasteiger partial charge in [-0.05, 0) is 58.3 Å². The molecule has 30 heavy (non-hydrogen) atoms. The topological polar surface area (TPSA) is 78.9 Å². The Hall–Kier alpha value is -2.11. The van der Waals surface area contributed by atoms with Gasteiger partial charge in [0.2, 0.25) is 0 Å². The molecule has 0 spiro atoms. The van der Waals surface area contributed by atoms with Crippen molar-refractivity contribution in [1.29, 1.82) is 0 Å². The van der Waals surface area contributed by atoms with Crippen molar-refractivity contribution in [3.05, 3.63) is 24.3 Å². The Kier molecular flexibility index (Phi) is 6.44. The highest BCUT2D eigenvalue weighted by Crippen LogP contribution is 2.55. The minimum Gasteiger partial charge on any atom is -0.458 e. The zero-order valence-electron chi connectivity index (χ0n) is 18.6. The Morgan fingerprint density at radius 1 is 1.07 bits per heavy atom. The van der Waals surface area contributed by atoms with Gasteiger partial charge in [0.05, 0.1) is 5.92 Å². The normalized spacial score (nSPS) is 32.3. The van der Waals surface area contributed by atoms with Gasteiger partial charge in [0.1, 0.15) is 17.8 Å². The number of hydrogen-bond donors (Lipinski definition) is 0. The quantitative estimate of drug-likeness (QED) is 0.379. The van der Waals surface area contributed by atoms with Crippen LogP contribution in [0.15, 0.2) is 24.3 Å². The van der Waals surface area contributed by atoms with E-state index in [9.17, 15) is 14.4 Å². The SMILES string of the molecule is C=C(C)C(=O)OC1(C(C)C)CCCC1.C=C(C)C(=O)OC1C2CC3C(=O)OC1C3C2. The summed E-state index contributed by atoms with van der Waals surface area (Å²) >= 11 is 0. The third kappa shape index (κ3) is 4.19. The molecule has 0 amide bonds. The highest BCUT2D eigenvalue weighted by atomic mass is 16.6. The molecule has 166 valence electrons. The lowest BCUT2D eigenvalue weighted by Crippen LogP contribution is -2.37. The molecule has 0 aromatic carbocycles. The molecule has 0 aromatic heterocycles. The Morgan fingerprint density at radius 3 is 2.20 bits per heavy atom. The number of hydrogen-bond acceptors (Lipinski definition) is 6. The van der Waals surface area contributed by atoms with Crippen LogP contribution in [-0.2, 0) is 28.6 Å². The average Bonchev–Trinajstić information content (AvgIpc) is 3.41. The fourth-order valence-corrected chi connectivity index (χ4v) is 5.33. The molecule has 6 heteroatoms. The van der Waals surface area contributed by atoms with Gasteiger partial charge in [-0.25, -0.2) is 9.59 Å². The molecule has 0 radical (unpaired) electrons.